The Morgan fingerprint density at radius 2 is 2.00 bits per heavy atom. The van der Waals surface area contributed by atoms with Crippen molar-refractivity contribution in [1.82, 2.24) is 0 Å². The maximum Gasteiger partial charge on any atom is 0.320 e. The topological polar surface area (TPSA) is 44.8 Å². The quantitative estimate of drug-likeness (QED) is 0.670. The lowest BCUT2D eigenvalue weighted by Crippen LogP contribution is -2.31. The SMILES string of the molecule is COC1=CC=C[C@@H]2C(=O)O[C@H](C)C[C@H](C)OC2=C1. The van der Waals surface area contributed by atoms with Crippen molar-refractivity contribution in [2.24, 2.45) is 5.92 Å². The van der Waals surface area contributed by atoms with Crippen LogP contribution < -0.4 is 0 Å². The minimum absolute atomic E-state index is 0.00598. The van der Waals surface area contributed by atoms with Gasteiger partial charge >= 0.3 is 5.97 Å². The van der Waals surface area contributed by atoms with Crippen LogP contribution >= 0.6 is 0 Å². The van der Waals surface area contributed by atoms with Crippen LogP contribution in [-0.2, 0) is 19.0 Å². The molecule has 2 aliphatic rings. The predicted octanol–water partition coefficient (Wildman–Crippen LogP) is 2.33. The Bertz CT molecular complexity index is 420. The molecule has 0 aromatic heterocycles. The van der Waals surface area contributed by atoms with E-state index in [4.69, 9.17) is 14.2 Å². The fourth-order valence-corrected chi connectivity index (χ4v) is 2.13. The van der Waals surface area contributed by atoms with Crippen molar-refractivity contribution in [1.29, 1.82) is 0 Å². The van der Waals surface area contributed by atoms with Gasteiger partial charge in [0.05, 0.1) is 13.2 Å². The molecule has 3 atom stereocenters. The molecule has 98 valence electrons. The summed E-state index contributed by atoms with van der Waals surface area (Å²) in [4.78, 5) is 12.0. The number of rotatable bonds is 1. The Labute approximate surface area is 107 Å². The van der Waals surface area contributed by atoms with Gasteiger partial charge in [-0.05, 0) is 19.9 Å². The van der Waals surface area contributed by atoms with Gasteiger partial charge in [-0.2, -0.15) is 0 Å². The number of hydrogen-bond acceptors (Lipinski definition) is 4. The number of methoxy groups -OCH3 is 1. The molecule has 0 N–H and O–H groups in total. The largest absolute Gasteiger partial charge is 0.497 e. The molecule has 1 aliphatic heterocycles. The fourth-order valence-electron chi connectivity index (χ4n) is 2.13. The molecule has 2 rings (SSSR count). The highest BCUT2D eigenvalue weighted by Gasteiger charge is 2.30. The van der Waals surface area contributed by atoms with E-state index in [1.165, 1.54) is 0 Å². The number of esters is 1. The number of carbonyl (C=O) groups excluding carboxylic acids is 1. The zero-order valence-electron chi connectivity index (χ0n) is 10.9. The monoisotopic (exact) mass is 250 g/mol. The van der Waals surface area contributed by atoms with Crippen LogP contribution in [0.2, 0.25) is 0 Å². The molecule has 1 fully saturated rings. The zero-order chi connectivity index (χ0) is 13.1. The summed E-state index contributed by atoms with van der Waals surface area (Å²) in [6.45, 7) is 3.85. The van der Waals surface area contributed by atoms with Crippen LogP contribution in [0.4, 0.5) is 0 Å². The molecule has 1 saturated heterocycles. The molecule has 4 nitrogen and oxygen atoms in total. The van der Waals surface area contributed by atoms with Gasteiger partial charge < -0.3 is 14.2 Å². The van der Waals surface area contributed by atoms with Gasteiger partial charge in [-0.3, -0.25) is 4.79 Å². The molecule has 18 heavy (non-hydrogen) atoms. The van der Waals surface area contributed by atoms with Crippen LogP contribution in [0.3, 0.4) is 0 Å². The third-order valence-electron chi connectivity index (χ3n) is 2.96. The zero-order valence-corrected chi connectivity index (χ0v) is 10.9. The van der Waals surface area contributed by atoms with E-state index < -0.39 is 5.92 Å². The van der Waals surface area contributed by atoms with E-state index in [1.807, 2.05) is 13.8 Å². The lowest BCUT2D eigenvalue weighted by molar-refractivity contribution is -0.155. The van der Waals surface area contributed by atoms with E-state index in [0.29, 0.717) is 17.9 Å². The van der Waals surface area contributed by atoms with Crippen molar-refractivity contribution in [3.8, 4) is 0 Å². The first kappa shape index (κ1) is 12.7. The third-order valence-corrected chi connectivity index (χ3v) is 2.96. The number of carbonyl (C=O) groups is 1. The Hall–Kier alpha value is -1.71. The van der Waals surface area contributed by atoms with Crippen molar-refractivity contribution in [2.45, 2.75) is 32.5 Å². The van der Waals surface area contributed by atoms with Crippen LogP contribution in [0.1, 0.15) is 20.3 Å². The molecule has 0 aromatic carbocycles. The van der Waals surface area contributed by atoms with Gasteiger partial charge in [0.15, 0.2) is 0 Å². The van der Waals surface area contributed by atoms with Gasteiger partial charge in [-0.25, -0.2) is 0 Å². The van der Waals surface area contributed by atoms with E-state index in [0.717, 1.165) is 0 Å². The standard InChI is InChI=1S/C14H18O4/c1-9-7-10(2)18-14(15)12-6-4-5-11(16-3)8-13(12)17-9/h4-6,8-10,12H,7H2,1-3H3/t9-,10+,12-/m0/s1. The van der Waals surface area contributed by atoms with Crippen molar-refractivity contribution in [3.63, 3.8) is 0 Å². The van der Waals surface area contributed by atoms with Gasteiger partial charge in [-0.1, -0.05) is 12.2 Å². The first-order valence-corrected chi connectivity index (χ1v) is 6.11. The maximum atomic E-state index is 12.0. The van der Waals surface area contributed by atoms with Gasteiger partial charge in [0.2, 0.25) is 0 Å². The van der Waals surface area contributed by atoms with Crippen molar-refractivity contribution in [2.75, 3.05) is 7.11 Å². The number of ether oxygens (including phenoxy) is 3. The van der Waals surface area contributed by atoms with Gasteiger partial charge in [0.25, 0.3) is 0 Å². The Morgan fingerprint density at radius 1 is 1.28 bits per heavy atom. The van der Waals surface area contributed by atoms with Crippen LogP contribution in [0.25, 0.3) is 0 Å². The second kappa shape index (κ2) is 5.29. The second-order valence-electron chi connectivity index (χ2n) is 4.59. The smallest absolute Gasteiger partial charge is 0.320 e. The molecule has 0 saturated carbocycles. The number of allylic oxidation sites excluding steroid dienone is 3. The highest BCUT2D eigenvalue weighted by molar-refractivity contribution is 5.78. The highest BCUT2D eigenvalue weighted by atomic mass is 16.6. The summed E-state index contributed by atoms with van der Waals surface area (Å²) in [6.07, 6.45) is 7.67. The first-order chi connectivity index (χ1) is 8.60. The van der Waals surface area contributed by atoms with E-state index in [1.54, 1.807) is 31.4 Å². The van der Waals surface area contributed by atoms with Crippen molar-refractivity contribution in [3.05, 3.63) is 35.8 Å². The van der Waals surface area contributed by atoms with Crippen LogP contribution in [0, 0.1) is 5.92 Å². The molecular weight excluding hydrogens is 232 g/mol. The molecule has 0 aromatic rings. The molecule has 0 spiro atoms. The molecule has 0 unspecified atom stereocenters. The molecule has 1 heterocycles. The first-order valence-electron chi connectivity index (χ1n) is 6.11. The Morgan fingerprint density at radius 3 is 2.72 bits per heavy atom. The molecule has 0 bridgehead atoms. The van der Waals surface area contributed by atoms with Gasteiger partial charge in [0, 0.05) is 12.5 Å². The van der Waals surface area contributed by atoms with Gasteiger partial charge in [-0.15, -0.1) is 0 Å². The minimum atomic E-state index is -0.487. The van der Waals surface area contributed by atoms with Gasteiger partial charge in [0.1, 0.15) is 23.5 Å². The average molecular weight is 250 g/mol. The summed E-state index contributed by atoms with van der Waals surface area (Å²) in [6, 6.07) is 0. The van der Waals surface area contributed by atoms with Crippen molar-refractivity contribution < 1.29 is 19.0 Å². The van der Waals surface area contributed by atoms with E-state index in [2.05, 4.69) is 0 Å². The van der Waals surface area contributed by atoms with Crippen LogP contribution in [-0.4, -0.2) is 25.3 Å². The average Bonchev–Trinajstić information content (AvgIpc) is 2.49. The summed E-state index contributed by atoms with van der Waals surface area (Å²) in [5, 5.41) is 0. The summed E-state index contributed by atoms with van der Waals surface area (Å²) in [7, 11) is 1.59. The van der Waals surface area contributed by atoms with Crippen LogP contribution in [0.5, 0.6) is 0 Å². The van der Waals surface area contributed by atoms with E-state index in [-0.39, 0.29) is 18.2 Å². The molecule has 0 radical (unpaired) electrons. The predicted molar refractivity (Wildman–Crippen MR) is 66.5 cm³/mol. The molecule has 1 aliphatic carbocycles. The van der Waals surface area contributed by atoms with E-state index >= 15 is 0 Å². The van der Waals surface area contributed by atoms with Crippen molar-refractivity contribution >= 4 is 5.97 Å². The highest BCUT2D eigenvalue weighted by Crippen LogP contribution is 2.27. The summed E-state index contributed by atoms with van der Waals surface area (Å²) < 4.78 is 16.4. The second-order valence-corrected chi connectivity index (χ2v) is 4.59. The number of hydrogen-bond donors (Lipinski definition) is 0. The maximum absolute atomic E-state index is 12.0. The molecular formula is C14H18O4. The Kier molecular flexibility index (Phi) is 3.75. The van der Waals surface area contributed by atoms with Crippen LogP contribution in [0.15, 0.2) is 35.8 Å². The minimum Gasteiger partial charge on any atom is -0.497 e. The third kappa shape index (κ3) is 2.75. The fraction of sp³-hybridized carbons (Fsp3) is 0.500. The Balaban J connectivity index is 2.31. The number of fused-ring (bicyclic) bond motifs is 1. The summed E-state index contributed by atoms with van der Waals surface area (Å²) in [5.74, 6) is 0.486. The van der Waals surface area contributed by atoms with E-state index in [9.17, 15) is 4.79 Å². The lowest BCUT2D eigenvalue weighted by Gasteiger charge is -2.28. The lowest BCUT2D eigenvalue weighted by atomic mass is 10.0. The molecule has 0 amide bonds. The number of cyclic esters (lactones) is 1. The molecule has 4 heteroatoms. The summed E-state index contributed by atoms with van der Waals surface area (Å²) in [5.41, 5.74) is 0. The normalized spacial score (nSPS) is 31.7. The summed E-state index contributed by atoms with van der Waals surface area (Å²) >= 11 is 0.